The van der Waals surface area contributed by atoms with Crippen LogP contribution in [0, 0.1) is 13.8 Å². The van der Waals surface area contributed by atoms with Crippen molar-refractivity contribution in [2.45, 2.75) is 26.6 Å². The number of alkyl halides is 3. The summed E-state index contributed by atoms with van der Waals surface area (Å²) < 4.78 is 44.8. The van der Waals surface area contributed by atoms with Gasteiger partial charge in [-0.2, -0.15) is 13.2 Å². The lowest BCUT2D eigenvalue weighted by atomic mass is 10.1. The summed E-state index contributed by atoms with van der Waals surface area (Å²) in [5.41, 5.74) is 2.78. The maximum Gasteiger partial charge on any atom is 0.416 e. The van der Waals surface area contributed by atoms with Gasteiger partial charge in [0.2, 0.25) is 0 Å². The van der Waals surface area contributed by atoms with Crippen molar-refractivity contribution in [3.05, 3.63) is 52.6 Å². The van der Waals surface area contributed by atoms with Gasteiger partial charge in [0.25, 0.3) is 0 Å². The number of hydrogen-bond donors (Lipinski definition) is 2. The molecular weight excluding hydrogens is 331 g/mol. The molecule has 0 saturated heterocycles. The van der Waals surface area contributed by atoms with E-state index in [0.29, 0.717) is 29.2 Å². The Labute approximate surface area is 143 Å². The highest BCUT2D eigenvalue weighted by Crippen LogP contribution is 2.34. The van der Waals surface area contributed by atoms with E-state index in [9.17, 15) is 13.2 Å². The van der Waals surface area contributed by atoms with Gasteiger partial charge in [-0.1, -0.05) is 11.2 Å². The Hall–Kier alpha value is -2.54. The predicted molar refractivity (Wildman–Crippen MR) is 91.0 cm³/mol. The molecule has 0 aliphatic rings. The van der Waals surface area contributed by atoms with Crippen LogP contribution < -0.4 is 10.6 Å². The number of halogens is 3. The van der Waals surface area contributed by atoms with Crippen molar-refractivity contribution in [3.63, 3.8) is 0 Å². The van der Waals surface area contributed by atoms with Crippen LogP contribution in [0.2, 0.25) is 0 Å². The van der Waals surface area contributed by atoms with E-state index in [-0.39, 0.29) is 0 Å². The SMILES string of the molecule is CNCc1cc(Nc2noc3c(C)c(C)ccc23)cc(C(F)(F)F)c1. The molecule has 3 aromatic rings. The van der Waals surface area contributed by atoms with Crippen LogP contribution in [0.25, 0.3) is 11.0 Å². The summed E-state index contributed by atoms with van der Waals surface area (Å²) in [7, 11) is 1.68. The number of aromatic nitrogens is 1. The fourth-order valence-electron chi connectivity index (χ4n) is 2.70. The first-order valence-corrected chi connectivity index (χ1v) is 7.78. The topological polar surface area (TPSA) is 50.1 Å². The van der Waals surface area contributed by atoms with Gasteiger partial charge in [0.15, 0.2) is 11.4 Å². The lowest BCUT2D eigenvalue weighted by Gasteiger charge is -2.12. The number of benzene rings is 2. The number of rotatable bonds is 4. The van der Waals surface area contributed by atoms with E-state index in [1.807, 2.05) is 26.0 Å². The van der Waals surface area contributed by atoms with Gasteiger partial charge in [-0.25, -0.2) is 0 Å². The van der Waals surface area contributed by atoms with Crippen LogP contribution in [0.15, 0.2) is 34.9 Å². The standard InChI is InChI=1S/C18H18F3N3O/c1-10-4-5-15-16(11(10)2)25-24-17(15)23-14-7-12(9-22-3)6-13(8-14)18(19,20)21/h4-8,22H,9H2,1-3H3,(H,23,24). The minimum atomic E-state index is -4.42. The van der Waals surface area contributed by atoms with Crippen molar-refractivity contribution >= 4 is 22.5 Å². The summed E-state index contributed by atoms with van der Waals surface area (Å²) in [6, 6.07) is 7.64. The number of nitrogens with zero attached hydrogens (tertiary/aromatic N) is 1. The lowest BCUT2D eigenvalue weighted by Crippen LogP contribution is -2.10. The first-order valence-electron chi connectivity index (χ1n) is 7.78. The Balaban J connectivity index is 2.03. The Morgan fingerprint density at radius 3 is 2.56 bits per heavy atom. The largest absolute Gasteiger partial charge is 0.416 e. The molecule has 4 nitrogen and oxygen atoms in total. The van der Waals surface area contributed by atoms with Crippen LogP contribution >= 0.6 is 0 Å². The molecule has 0 spiro atoms. The molecule has 0 unspecified atom stereocenters. The molecule has 0 atom stereocenters. The van der Waals surface area contributed by atoms with Gasteiger partial charge < -0.3 is 15.2 Å². The van der Waals surface area contributed by atoms with Crippen LogP contribution in [0.1, 0.15) is 22.3 Å². The zero-order valence-corrected chi connectivity index (χ0v) is 14.1. The molecule has 0 fully saturated rings. The molecule has 0 saturated carbocycles. The zero-order chi connectivity index (χ0) is 18.2. The molecule has 2 N–H and O–H groups in total. The molecule has 0 aliphatic carbocycles. The number of fused-ring (bicyclic) bond motifs is 1. The normalized spacial score (nSPS) is 11.9. The van der Waals surface area contributed by atoms with Crippen LogP contribution in [0.4, 0.5) is 24.7 Å². The monoisotopic (exact) mass is 349 g/mol. The summed E-state index contributed by atoms with van der Waals surface area (Å²) in [6.07, 6.45) is -4.42. The van der Waals surface area contributed by atoms with Crippen molar-refractivity contribution in [1.29, 1.82) is 0 Å². The quantitative estimate of drug-likeness (QED) is 0.701. The van der Waals surface area contributed by atoms with Gasteiger partial charge in [0.05, 0.1) is 10.9 Å². The molecular formula is C18H18F3N3O. The van der Waals surface area contributed by atoms with Gasteiger partial charge in [-0.3, -0.25) is 0 Å². The summed E-state index contributed by atoms with van der Waals surface area (Å²) in [6.45, 7) is 4.21. The fraction of sp³-hybridized carbons (Fsp3) is 0.278. The molecule has 25 heavy (non-hydrogen) atoms. The van der Waals surface area contributed by atoms with E-state index in [0.717, 1.165) is 28.6 Å². The molecule has 3 rings (SSSR count). The summed E-state index contributed by atoms with van der Waals surface area (Å²) >= 11 is 0. The lowest BCUT2D eigenvalue weighted by molar-refractivity contribution is -0.137. The molecule has 0 radical (unpaired) electrons. The number of anilines is 2. The third-order valence-corrected chi connectivity index (χ3v) is 4.12. The van der Waals surface area contributed by atoms with Crippen molar-refractivity contribution in [2.75, 3.05) is 12.4 Å². The van der Waals surface area contributed by atoms with E-state index in [4.69, 9.17) is 4.52 Å². The predicted octanol–water partition coefficient (Wildman–Crippen LogP) is 4.93. The van der Waals surface area contributed by atoms with Crippen LogP contribution in [0.5, 0.6) is 0 Å². The molecule has 1 heterocycles. The van der Waals surface area contributed by atoms with Crippen molar-refractivity contribution in [3.8, 4) is 0 Å². The van der Waals surface area contributed by atoms with E-state index in [1.165, 1.54) is 0 Å². The van der Waals surface area contributed by atoms with Crippen molar-refractivity contribution < 1.29 is 17.7 Å². The van der Waals surface area contributed by atoms with E-state index >= 15 is 0 Å². The Morgan fingerprint density at radius 2 is 1.88 bits per heavy atom. The Bertz CT molecular complexity index is 916. The summed E-state index contributed by atoms with van der Waals surface area (Å²) in [5.74, 6) is 0.396. The van der Waals surface area contributed by atoms with E-state index in [1.54, 1.807) is 13.1 Å². The minimum absolute atomic E-state index is 0.313. The first-order chi connectivity index (χ1) is 11.8. The molecule has 0 amide bonds. The van der Waals surface area contributed by atoms with Crippen LogP contribution in [-0.2, 0) is 12.7 Å². The number of hydrogen-bond acceptors (Lipinski definition) is 4. The minimum Gasteiger partial charge on any atom is -0.354 e. The van der Waals surface area contributed by atoms with Crippen molar-refractivity contribution in [2.24, 2.45) is 0 Å². The van der Waals surface area contributed by atoms with Gasteiger partial charge in [0, 0.05) is 12.2 Å². The second-order valence-corrected chi connectivity index (χ2v) is 5.99. The zero-order valence-electron chi connectivity index (χ0n) is 14.1. The van der Waals surface area contributed by atoms with Crippen LogP contribution in [-0.4, -0.2) is 12.2 Å². The Morgan fingerprint density at radius 1 is 1.12 bits per heavy atom. The second-order valence-electron chi connectivity index (χ2n) is 5.99. The number of nitrogens with one attached hydrogen (secondary N) is 2. The highest BCUT2D eigenvalue weighted by atomic mass is 19.4. The molecule has 132 valence electrons. The third-order valence-electron chi connectivity index (χ3n) is 4.12. The van der Waals surface area contributed by atoms with Gasteiger partial charge in [-0.05, 0) is 61.9 Å². The van der Waals surface area contributed by atoms with Crippen LogP contribution in [0.3, 0.4) is 0 Å². The molecule has 2 aromatic carbocycles. The first kappa shape index (κ1) is 17.3. The second kappa shape index (κ2) is 6.40. The molecule has 7 heteroatoms. The maximum absolute atomic E-state index is 13.1. The highest BCUT2D eigenvalue weighted by Gasteiger charge is 2.31. The highest BCUT2D eigenvalue weighted by molar-refractivity contribution is 5.92. The van der Waals surface area contributed by atoms with E-state index < -0.39 is 11.7 Å². The average Bonchev–Trinajstić information content (AvgIpc) is 2.94. The molecule has 0 aliphatic heterocycles. The van der Waals surface area contributed by atoms with E-state index in [2.05, 4.69) is 15.8 Å². The van der Waals surface area contributed by atoms with Gasteiger partial charge >= 0.3 is 6.18 Å². The number of aryl methyl sites for hydroxylation is 2. The maximum atomic E-state index is 13.1. The molecule has 1 aromatic heterocycles. The third kappa shape index (κ3) is 3.46. The summed E-state index contributed by atoms with van der Waals surface area (Å²) in [5, 5.41) is 10.5. The smallest absolute Gasteiger partial charge is 0.354 e. The van der Waals surface area contributed by atoms with Gasteiger partial charge in [0.1, 0.15) is 0 Å². The molecule has 0 bridgehead atoms. The van der Waals surface area contributed by atoms with Gasteiger partial charge in [-0.15, -0.1) is 0 Å². The van der Waals surface area contributed by atoms with Crippen molar-refractivity contribution in [1.82, 2.24) is 10.5 Å². The Kier molecular flexibility index (Phi) is 4.43. The fourth-order valence-corrected chi connectivity index (χ4v) is 2.70. The average molecular weight is 349 g/mol. The summed E-state index contributed by atoms with van der Waals surface area (Å²) in [4.78, 5) is 0.